The molecule has 0 bridgehead atoms. The van der Waals surface area contributed by atoms with Crippen molar-refractivity contribution in [2.45, 2.75) is 74.3 Å². The summed E-state index contributed by atoms with van der Waals surface area (Å²) in [6, 6.07) is 31.1. The summed E-state index contributed by atoms with van der Waals surface area (Å²) in [6.45, 7) is 2.48. The van der Waals surface area contributed by atoms with Crippen LogP contribution >= 0.6 is 39.1 Å². The zero-order valence-corrected chi connectivity index (χ0v) is 41.0. The first kappa shape index (κ1) is 46.4. The fourth-order valence-corrected chi connectivity index (χ4v) is 10.7. The Morgan fingerprint density at radius 1 is 0.647 bits per heavy atom. The van der Waals surface area contributed by atoms with Crippen LogP contribution in [0, 0.1) is 0 Å². The zero-order valence-electron chi connectivity index (χ0n) is 37.9. The topological polar surface area (TPSA) is 128 Å². The summed E-state index contributed by atoms with van der Waals surface area (Å²) in [5.74, 6) is 3.90. The van der Waals surface area contributed by atoms with Gasteiger partial charge in [0, 0.05) is 97.6 Å². The molecule has 4 aliphatic heterocycles. The monoisotopic (exact) mass is 1020 g/mol. The van der Waals surface area contributed by atoms with E-state index < -0.39 is 18.3 Å². The summed E-state index contributed by atoms with van der Waals surface area (Å²) < 4.78 is 29.2. The van der Waals surface area contributed by atoms with Crippen LogP contribution in [0.1, 0.15) is 95.0 Å². The van der Waals surface area contributed by atoms with Crippen molar-refractivity contribution in [3.8, 4) is 34.4 Å². The molecule has 2 aromatic heterocycles. The minimum Gasteiger partial charge on any atom is -0.496 e. The maximum absolute atomic E-state index is 13.3. The lowest BCUT2D eigenvalue weighted by molar-refractivity contribution is -0.00977. The van der Waals surface area contributed by atoms with Gasteiger partial charge in [-0.05, 0) is 125 Å². The Labute approximate surface area is 414 Å². The van der Waals surface area contributed by atoms with Gasteiger partial charge in [-0.1, -0.05) is 42.1 Å². The molecule has 0 radical (unpaired) electrons. The minimum absolute atomic E-state index is 0.00490. The smallest absolute Gasteiger partial charge is 0.454 e. The molecule has 352 valence electrons. The Balaban J connectivity index is 0.000000141. The van der Waals surface area contributed by atoms with Gasteiger partial charge in [0.2, 0.25) is 0 Å². The fourth-order valence-electron chi connectivity index (χ4n) is 9.97. The summed E-state index contributed by atoms with van der Waals surface area (Å²) in [7, 11) is 2.24. The van der Waals surface area contributed by atoms with Gasteiger partial charge in [0.1, 0.15) is 23.0 Å². The third kappa shape index (κ3) is 9.01. The third-order valence-corrected chi connectivity index (χ3v) is 15.2. The van der Waals surface area contributed by atoms with Gasteiger partial charge >= 0.3 is 7.12 Å². The second kappa shape index (κ2) is 18.8. The van der Waals surface area contributed by atoms with E-state index >= 15 is 0 Å². The van der Waals surface area contributed by atoms with Crippen LogP contribution in [0.25, 0.3) is 11.4 Å². The summed E-state index contributed by atoms with van der Waals surface area (Å²) >= 11 is 15.9. The number of carbonyl (C=O) groups excluding carboxylic acids is 2. The number of halogens is 3. The van der Waals surface area contributed by atoms with Gasteiger partial charge in [-0.2, -0.15) is 0 Å². The van der Waals surface area contributed by atoms with Crippen LogP contribution in [0.4, 0.5) is 0 Å². The maximum atomic E-state index is 13.3. The molecule has 16 heteroatoms. The van der Waals surface area contributed by atoms with E-state index in [0.717, 1.165) is 70.2 Å². The number of hydrogen-bond donors (Lipinski definition) is 2. The normalized spacial score (nSPS) is 17.9. The first-order chi connectivity index (χ1) is 32.9. The molecule has 6 aliphatic rings. The number of carbonyl (C=O) groups is 2. The third-order valence-electron chi connectivity index (χ3n) is 14.1. The van der Waals surface area contributed by atoms with Crippen LogP contribution < -0.4 is 18.9 Å². The molecule has 2 N–H and O–H groups in total. The number of piperidine rings is 2. The van der Waals surface area contributed by atoms with Gasteiger partial charge in [0.15, 0.2) is 11.2 Å². The fraction of sp³-hybridized carbons (Fsp3) is 0.346. The highest BCUT2D eigenvalue weighted by atomic mass is 79.9. The molecule has 2 spiro atoms. The average molecular weight is 1020 g/mol. The van der Waals surface area contributed by atoms with Gasteiger partial charge in [-0.15, -0.1) is 0 Å². The van der Waals surface area contributed by atoms with Crippen LogP contribution in [0.2, 0.25) is 15.9 Å². The standard InChI is InChI=1S/C26H25ClN2O3.C23H20BrClN2O3.C3H7BO2/c1-31-22-15-18(6-8-20(22)17-4-5-17)25(30)28-13-10-26(11-14-28)24-3-2-12-29(24)21-9-7-19(27)16-23(21)32-26;1-29-19-13-15(4-6-17(19)24)22(28)26-11-8-23(9-12-26)21-3-2-10-27(21)18-7-5-16(25)14-20(18)30-23;5-4(6)3-1-2-3/h2-3,6-9,12,15-17H,4-5,10-11,13-14H2,1H3;2-7,10,13-14H,8-9,11-12H2,1H3;3,5-6H,1-2H2. The van der Waals surface area contributed by atoms with E-state index in [1.165, 1.54) is 18.4 Å². The van der Waals surface area contributed by atoms with Crippen LogP contribution in [0.5, 0.6) is 23.0 Å². The van der Waals surface area contributed by atoms with Crippen molar-refractivity contribution >= 4 is 58.1 Å². The van der Waals surface area contributed by atoms with Gasteiger partial charge in [0.05, 0.1) is 41.5 Å². The van der Waals surface area contributed by atoms with E-state index in [2.05, 4.69) is 61.7 Å². The molecule has 2 amide bonds. The Bertz CT molecular complexity index is 2860. The Morgan fingerprint density at radius 3 is 1.54 bits per heavy atom. The number of rotatable bonds is 6. The van der Waals surface area contributed by atoms with E-state index in [-0.39, 0.29) is 17.6 Å². The summed E-state index contributed by atoms with van der Waals surface area (Å²) in [4.78, 5) is 30.2. The molecule has 2 aliphatic carbocycles. The number of hydrogen-bond acceptors (Lipinski definition) is 8. The predicted octanol–water partition coefficient (Wildman–Crippen LogP) is 10.6. The molecule has 2 saturated carbocycles. The lowest BCUT2D eigenvalue weighted by Gasteiger charge is -2.45. The highest BCUT2D eigenvalue weighted by Gasteiger charge is 2.46. The first-order valence-corrected chi connectivity index (χ1v) is 24.7. The van der Waals surface area contributed by atoms with Crippen molar-refractivity contribution in [3.05, 3.63) is 152 Å². The van der Waals surface area contributed by atoms with Crippen molar-refractivity contribution < 1.29 is 38.6 Å². The average Bonchev–Trinajstić information content (AvgIpc) is 4.28. The molecule has 12 nitrogen and oxygen atoms in total. The van der Waals surface area contributed by atoms with Crippen molar-refractivity contribution in [2.24, 2.45) is 0 Å². The second-order valence-electron chi connectivity index (χ2n) is 18.4. The maximum Gasteiger partial charge on any atom is 0.454 e. The van der Waals surface area contributed by atoms with E-state index in [9.17, 15) is 9.59 Å². The highest BCUT2D eigenvalue weighted by Crippen LogP contribution is 2.48. The van der Waals surface area contributed by atoms with Gasteiger partial charge in [-0.3, -0.25) is 9.59 Å². The van der Waals surface area contributed by atoms with E-state index in [1.54, 1.807) is 20.3 Å². The molecule has 6 aromatic rings. The Kier molecular flexibility index (Phi) is 12.8. The van der Waals surface area contributed by atoms with Crippen molar-refractivity contribution in [2.75, 3.05) is 40.4 Å². The molecule has 4 aromatic carbocycles. The lowest BCUT2D eigenvalue weighted by atomic mass is 9.84. The van der Waals surface area contributed by atoms with Gasteiger partial charge in [-0.25, -0.2) is 0 Å². The predicted molar refractivity (Wildman–Crippen MR) is 265 cm³/mol. The SMILES string of the molecule is COc1cc(C(=O)N2CCC3(CC2)Oc2cc(Cl)ccc2-n2cccc23)ccc1Br.COc1cc(C(=O)N2CCC3(CC2)Oc2cc(Cl)ccc2-n2cccc23)ccc1C1CC1.OB(O)C1CC1. The van der Waals surface area contributed by atoms with E-state index in [1.807, 2.05) is 76.5 Å². The minimum atomic E-state index is -1.04. The van der Waals surface area contributed by atoms with E-state index in [0.29, 0.717) is 71.9 Å². The number of amides is 2. The van der Waals surface area contributed by atoms with Crippen LogP contribution in [-0.4, -0.2) is 88.3 Å². The Hall–Kier alpha value is -5.38. The molecule has 0 atom stereocenters. The molecule has 12 rings (SSSR count). The molecule has 2 saturated heterocycles. The molecule has 4 fully saturated rings. The second-order valence-corrected chi connectivity index (χ2v) is 20.1. The van der Waals surface area contributed by atoms with Crippen LogP contribution in [-0.2, 0) is 11.2 Å². The molecule has 0 unspecified atom stereocenters. The first-order valence-electron chi connectivity index (χ1n) is 23.2. The number of nitrogens with zero attached hydrogens (tertiary/aromatic N) is 4. The number of fused-ring (bicyclic) bond motifs is 8. The number of methoxy groups -OCH3 is 2. The summed E-state index contributed by atoms with van der Waals surface area (Å²) in [6.07, 6.45) is 11.4. The molecular weight excluding hydrogens is 970 g/mol. The molecular formula is C52H52BBrCl2N4O8. The van der Waals surface area contributed by atoms with Crippen LogP contribution in [0.3, 0.4) is 0 Å². The van der Waals surface area contributed by atoms with E-state index in [4.69, 9.17) is 52.2 Å². The largest absolute Gasteiger partial charge is 0.496 e. The highest BCUT2D eigenvalue weighted by molar-refractivity contribution is 9.10. The molecule has 68 heavy (non-hydrogen) atoms. The Morgan fingerprint density at radius 2 is 1.12 bits per heavy atom. The van der Waals surface area contributed by atoms with Crippen LogP contribution in [0.15, 0.2) is 114 Å². The zero-order chi connectivity index (χ0) is 47.3. The van der Waals surface area contributed by atoms with Crippen molar-refractivity contribution in [1.29, 1.82) is 0 Å². The summed E-state index contributed by atoms with van der Waals surface area (Å²) in [5, 5.41) is 17.8. The van der Waals surface area contributed by atoms with Crippen molar-refractivity contribution in [3.63, 3.8) is 0 Å². The van der Waals surface area contributed by atoms with Crippen molar-refractivity contribution in [1.82, 2.24) is 18.9 Å². The van der Waals surface area contributed by atoms with Gasteiger partial charge in [0.25, 0.3) is 11.8 Å². The number of aromatic nitrogens is 2. The quantitative estimate of drug-likeness (QED) is 0.158. The van der Waals surface area contributed by atoms with Gasteiger partial charge < -0.3 is 47.9 Å². The summed E-state index contributed by atoms with van der Waals surface area (Å²) in [5.41, 5.74) is 5.86. The number of ether oxygens (including phenoxy) is 4. The molecule has 6 heterocycles. The number of benzene rings is 4. The number of likely N-dealkylation sites (tertiary alicyclic amines) is 2. The lowest BCUT2D eigenvalue weighted by Crippen LogP contribution is -2.50.